The molecule has 3 aromatic rings. The number of benzene rings is 2. The lowest BCUT2D eigenvalue weighted by Gasteiger charge is -2.20. The fraction of sp³-hybridized carbons (Fsp3) is 0.158. The van der Waals surface area contributed by atoms with E-state index in [4.69, 9.17) is 10.1 Å². The zero-order valence-electron chi connectivity index (χ0n) is 14.6. The summed E-state index contributed by atoms with van der Waals surface area (Å²) in [6.07, 6.45) is -4.49. The largest absolute Gasteiger partial charge is 0.509 e. The molecular formula is C19H15F3N4O2. The van der Waals surface area contributed by atoms with Crippen LogP contribution >= 0.6 is 0 Å². The number of hydrogen-bond donors (Lipinski definition) is 3. The highest BCUT2D eigenvalue weighted by Gasteiger charge is 2.34. The van der Waals surface area contributed by atoms with Crippen LogP contribution in [-0.4, -0.2) is 34.6 Å². The molecule has 0 amide bonds. The van der Waals surface area contributed by atoms with Gasteiger partial charge in [-0.15, -0.1) is 0 Å². The van der Waals surface area contributed by atoms with Gasteiger partial charge in [-0.1, -0.05) is 6.07 Å². The van der Waals surface area contributed by atoms with E-state index in [-0.39, 0.29) is 35.2 Å². The molecule has 3 N–H and O–H groups in total. The van der Waals surface area contributed by atoms with Gasteiger partial charge in [-0.25, -0.2) is 4.98 Å². The van der Waals surface area contributed by atoms with Crippen molar-refractivity contribution < 1.29 is 23.0 Å². The number of aliphatic hydroxyl groups is 1. The number of methoxy groups -OCH3 is 1. The number of nitrogens with one attached hydrogen (secondary N) is 2. The normalized spacial score (nSPS) is 15.0. The number of ether oxygens (including phenoxy) is 1. The first-order chi connectivity index (χ1) is 13.3. The molecule has 144 valence electrons. The Kier molecular flexibility index (Phi) is 4.02. The van der Waals surface area contributed by atoms with Crippen molar-refractivity contribution in [1.82, 2.24) is 9.97 Å². The van der Waals surface area contributed by atoms with E-state index in [9.17, 15) is 18.3 Å². The predicted octanol–water partition coefficient (Wildman–Crippen LogP) is 4.36. The summed E-state index contributed by atoms with van der Waals surface area (Å²) in [7, 11) is 1.53. The van der Waals surface area contributed by atoms with Crippen LogP contribution in [0.1, 0.15) is 11.4 Å². The van der Waals surface area contributed by atoms with Crippen LogP contribution in [-0.2, 0) is 6.18 Å². The summed E-state index contributed by atoms with van der Waals surface area (Å²) in [5.41, 5.74) is 0.759. The van der Waals surface area contributed by atoms with E-state index < -0.39 is 11.7 Å². The Balaban J connectivity index is 1.69. The molecule has 0 bridgehead atoms. The first-order valence-corrected chi connectivity index (χ1v) is 8.28. The SMILES string of the molecule is COc1ccc2nc(C3=C(O)CN(c4cccc(C(F)(F)F)c4)C3=N)[nH]c2c1. The van der Waals surface area contributed by atoms with Crippen LogP contribution in [0, 0.1) is 5.41 Å². The van der Waals surface area contributed by atoms with Crippen molar-refractivity contribution in [2.24, 2.45) is 0 Å². The van der Waals surface area contributed by atoms with Gasteiger partial charge >= 0.3 is 6.18 Å². The third-order valence-electron chi connectivity index (χ3n) is 4.51. The number of imidazole rings is 1. The molecule has 9 heteroatoms. The Labute approximate surface area is 157 Å². The van der Waals surface area contributed by atoms with Crippen molar-refractivity contribution in [1.29, 1.82) is 5.41 Å². The van der Waals surface area contributed by atoms with Crippen LogP contribution in [0.4, 0.5) is 18.9 Å². The maximum atomic E-state index is 13.0. The number of rotatable bonds is 3. The molecule has 1 aromatic heterocycles. The van der Waals surface area contributed by atoms with Crippen molar-refractivity contribution >= 4 is 28.1 Å². The average molecular weight is 388 g/mol. The summed E-state index contributed by atoms with van der Waals surface area (Å²) in [6, 6.07) is 9.84. The van der Waals surface area contributed by atoms with Crippen LogP contribution in [0.5, 0.6) is 5.75 Å². The maximum absolute atomic E-state index is 13.0. The van der Waals surface area contributed by atoms with E-state index in [1.54, 1.807) is 18.2 Å². The van der Waals surface area contributed by atoms with Gasteiger partial charge in [-0.2, -0.15) is 13.2 Å². The van der Waals surface area contributed by atoms with E-state index in [1.165, 1.54) is 24.1 Å². The van der Waals surface area contributed by atoms with Crippen molar-refractivity contribution in [3.05, 3.63) is 59.6 Å². The number of alkyl halides is 3. The number of anilines is 1. The summed E-state index contributed by atoms with van der Waals surface area (Å²) in [4.78, 5) is 8.70. The molecule has 0 spiro atoms. The molecule has 1 aliphatic rings. The lowest BCUT2D eigenvalue weighted by molar-refractivity contribution is -0.137. The summed E-state index contributed by atoms with van der Waals surface area (Å²) >= 11 is 0. The third kappa shape index (κ3) is 2.94. The molecule has 0 unspecified atom stereocenters. The van der Waals surface area contributed by atoms with Crippen LogP contribution in [0.25, 0.3) is 16.6 Å². The van der Waals surface area contributed by atoms with Crippen LogP contribution in [0.2, 0.25) is 0 Å². The van der Waals surface area contributed by atoms with Gasteiger partial charge in [0.15, 0.2) is 0 Å². The minimum absolute atomic E-state index is 0.115. The van der Waals surface area contributed by atoms with Gasteiger partial charge in [0.25, 0.3) is 0 Å². The second-order valence-electron chi connectivity index (χ2n) is 6.27. The van der Waals surface area contributed by atoms with Gasteiger partial charge in [0.2, 0.25) is 0 Å². The minimum Gasteiger partial charge on any atom is -0.509 e. The van der Waals surface area contributed by atoms with Gasteiger partial charge in [-0.3, -0.25) is 5.41 Å². The van der Waals surface area contributed by atoms with Gasteiger partial charge in [0, 0.05) is 11.8 Å². The Hall–Kier alpha value is -3.49. The van der Waals surface area contributed by atoms with E-state index in [2.05, 4.69) is 9.97 Å². The molecule has 0 saturated carbocycles. The summed E-state index contributed by atoms with van der Waals surface area (Å²) in [5.74, 6) is 0.601. The summed E-state index contributed by atoms with van der Waals surface area (Å²) in [5, 5.41) is 18.8. The van der Waals surface area contributed by atoms with Crippen molar-refractivity contribution in [3.63, 3.8) is 0 Å². The van der Waals surface area contributed by atoms with Crippen molar-refractivity contribution in [3.8, 4) is 5.75 Å². The highest BCUT2D eigenvalue weighted by atomic mass is 19.4. The van der Waals surface area contributed by atoms with Gasteiger partial charge in [-0.05, 0) is 30.3 Å². The lowest BCUT2D eigenvalue weighted by atomic mass is 10.1. The quantitative estimate of drug-likeness (QED) is 0.623. The molecular weight excluding hydrogens is 373 g/mol. The second kappa shape index (κ2) is 6.29. The highest BCUT2D eigenvalue weighted by Crippen LogP contribution is 2.35. The number of nitrogens with zero attached hydrogens (tertiary/aromatic N) is 2. The monoisotopic (exact) mass is 388 g/mol. The standard InChI is InChI=1S/C19H15F3N4O2/c1-28-12-5-6-13-14(8-12)25-18(24-13)16-15(27)9-26(17(16)23)11-4-2-3-10(7-11)19(20,21)22/h2-8,23,27H,9H2,1H3,(H,24,25). The molecule has 6 nitrogen and oxygen atoms in total. The van der Waals surface area contributed by atoms with Crippen LogP contribution in [0.15, 0.2) is 48.2 Å². The number of aromatic amines is 1. The number of hydrogen-bond acceptors (Lipinski definition) is 4. The van der Waals surface area contributed by atoms with Gasteiger partial charge < -0.3 is 19.7 Å². The number of halogens is 3. The molecule has 28 heavy (non-hydrogen) atoms. The summed E-state index contributed by atoms with van der Waals surface area (Å²) < 4.78 is 44.1. The fourth-order valence-electron chi connectivity index (χ4n) is 3.13. The van der Waals surface area contributed by atoms with E-state index in [1.807, 2.05) is 0 Å². The Morgan fingerprint density at radius 2 is 2.00 bits per heavy atom. The summed E-state index contributed by atoms with van der Waals surface area (Å²) in [6.45, 7) is -0.115. The fourth-order valence-corrected chi connectivity index (χ4v) is 3.13. The smallest absolute Gasteiger partial charge is 0.416 e. The lowest BCUT2D eigenvalue weighted by Crippen LogP contribution is -2.26. The molecule has 0 atom stereocenters. The molecule has 0 saturated heterocycles. The Morgan fingerprint density at radius 1 is 1.21 bits per heavy atom. The molecule has 2 heterocycles. The molecule has 0 aliphatic carbocycles. The second-order valence-corrected chi connectivity index (χ2v) is 6.27. The van der Waals surface area contributed by atoms with E-state index >= 15 is 0 Å². The van der Waals surface area contributed by atoms with Crippen LogP contribution in [0.3, 0.4) is 0 Å². The average Bonchev–Trinajstić information content (AvgIpc) is 3.20. The highest BCUT2D eigenvalue weighted by molar-refractivity contribution is 6.30. The third-order valence-corrected chi connectivity index (χ3v) is 4.51. The molecule has 0 radical (unpaired) electrons. The number of aliphatic hydroxyl groups excluding tert-OH is 1. The Morgan fingerprint density at radius 3 is 2.71 bits per heavy atom. The van der Waals surface area contributed by atoms with Gasteiger partial charge in [0.1, 0.15) is 23.2 Å². The molecule has 4 rings (SSSR count). The van der Waals surface area contributed by atoms with E-state index in [0.29, 0.717) is 16.8 Å². The van der Waals surface area contributed by atoms with E-state index in [0.717, 1.165) is 12.1 Å². The molecule has 2 aromatic carbocycles. The van der Waals surface area contributed by atoms with Crippen molar-refractivity contribution in [2.45, 2.75) is 6.18 Å². The topological polar surface area (TPSA) is 85.2 Å². The Bertz CT molecular complexity index is 1120. The van der Waals surface area contributed by atoms with Gasteiger partial charge in [0.05, 0.1) is 35.8 Å². The predicted molar refractivity (Wildman–Crippen MR) is 98.7 cm³/mol. The molecule has 1 aliphatic heterocycles. The number of H-pyrrole nitrogens is 1. The first kappa shape index (κ1) is 17.9. The zero-order chi connectivity index (χ0) is 20.1. The number of amidine groups is 1. The maximum Gasteiger partial charge on any atom is 0.416 e. The molecule has 0 fully saturated rings. The minimum atomic E-state index is -4.49. The van der Waals surface area contributed by atoms with Crippen LogP contribution < -0.4 is 9.64 Å². The first-order valence-electron chi connectivity index (χ1n) is 8.28. The zero-order valence-corrected chi connectivity index (χ0v) is 14.6. The number of fused-ring (bicyclic) bond motifs is 1. The number of aromatic nitrogens is 2. The van der Waals surface area contributed by atoms with Crippen molar-refractivity contribution in [2.75, 3.05) is 18.6 Å².